The molecular formula is C17H32N8O7. The maximum absolute atomic E-state index is 12.7. The van der Waals surface area contributed by atoms with Crippen LogP contribution in [0.1, 0.15) is 32.1 Å². The fourth-order valence-corrected chi connectivity index (χ4v) is 2.87. The fraction of sp³-hybridized carbons (Fsp3) is 0.647. The zero-order valence-electron chi connectivity index (χ0n) is 17.8. The predicted molar refractivity (Wildman–Crippen MR) is 114 cm³/mol. The molecule has 3 atom stereocenters. The number of rotatable bonds is 16. The molecule has 0 bridgehead atoms. The molecule has 182 valence electrons. The summed E-state index contributed by atoms with van der Waals surface area (Å²) in [5.41, 5.74) is 27.5. The highest BCUT2D eigenvalue weighted by molar-refractivity contribution is 6.12. The summed E-state index contributed by atoms with van der Waals surface area (Å²) in [5.74, 6) is -5.79. The van der Waals surface area contributed by atoms with Crippen molar-refractivity contribution < 1.29 is 34.1 Å². The molecule has 0 aliphatic carbocycles. The van der Waals surface area contributed by atoms with Gasteiger partial charge in [-0.1, -0.05) is 0 Å². The maximum Gasteiger partial charge on any atom is 0.334 e. The standard InChI is InChI=1S/C17H32N8O7/c1-32-11(5-8-25-15(20)21)17(23,13(30)31)10(27)4-3-9(26)16(22,12(28)29)6-2-7-24-14(18)19/h11H,2-8,22-23H2,1H3,(H,28,29)(H,30,31)(H4,18,19,24)(H4,20,21,25)/t11?,16-,17+/m1/s1. The third-order valence-corrected chi connectivity index (χ3v) is 4.78. The number of nitrogens with zero attached hydrogens (tertiary/aromatic N) is 2. The van der Waals surface area contributed by atoms with E-state index in [0.717, 1.165) is 7.11 Å². The van der Waals surface area contributed by atoms with Crippen molar-refractivity contribution in [2.24, 2.45) is 44.4 Å². The van der Waals surface area contributed by atoms with Crippen molar-refractivity contribution in [3.8, 4) is 0 Å². The molecule has 0 rings (SSSR count). The largest absolute Gasteiger partial charge is 0.480 e. The lowest BCUT2D eigenvalue weighted by Gasteiger charge is -2.31. The van der Waals surface area contributed by atoms with E-state index < -0.39 is 53.5 Å². The first-order chi connectivity index (χ1) is 14.7. The van der Waals surface area contributed by atoms with Gasteiger partial charge in [0.1, 0.15) is 0 Å². The van der Waals surface area contributed by atoms with Crippen LogP contribution in [0.4, 0.5) is 0 Å². The number of hydrogen-bond acceptors (Lipinski definition) is 9. The first kappa shape index (κ1) is 28.7. The van der Waals surface area contributed by atoms with Crippen LogP contribution in [0, 0.1) is 0 Å². The van der Waals surface area contributed by atoms with E-state index >= 15 is 0 Å². The van der Waals surface area contributed by atoms with Crippen molar-refractivity contribution in [2.75, 3.05) is 20.2 Å². The monoisotopic (exact) mass is 460 g/mol. The van der Waals surface area contributed by atoms with Crippen LogP contribution in [0.2, 0.25) is 0 Å². The number of guanidine groups is 2. The van der Waals surface area contributed by atoms with Gasteiger partial charge in [-0.3, -0.25) is 19.6 Å². The van der Waals surface area contributed by atoms with Crippen LogP contribution >= 0.6 is 0 Å². The second-order valence-electron chi connectivity index (χ2n) is 7.03. The maximum atomic E-state index is 12.7. The molecule has 0 aliphatic rings. The van der Waals surface area contributed by atoms with Crippen LogP contribution in [0.25, 0.3) is 0 Å². The average molecular weight is 460 g/mol. The molecule has 0 amide bonds. The number of ether oxygens (including phenoxy) is 1. The number of carboxylic acid groups (broad SMARTS) is 2. The molecule has 0 spiro atoms. The van der Waals surface area contributed by atoms with Gasteiger partial charge in [0.25, 0.3) is 0 Å². The second kappa shape index (κ2) is 12.5. The first-order valence-corrected chi connectivity index (χ1v) is 9.48. The van der Waals surface area contributed by atoms with Crippen molar-refractivity contribution >= 4 is 35.4 Å². The van der Waals surface area contributed by atoms with Crippen LogP contribution in [0.5, 0.6) is 0 Å². The Labute approximate surface area is 184 Å². The quantitative estimate of drug-likeness (QED) is 0.0474. The Morgan fingerprint density at radius 1 is 0.875 bits per heavy atom. The lowest BCUT2D eigenvalue weighted by atomic mass is 9.81. The van der Waals surface area contributed by atoms with Gasteiger partial charge < -0.3 is 49.4 Å². The molecule has 0 heterocycles. The Morgan fingerprint density at radius 2 is 1.38 bits per heavy atom. The number of ketones is 2. The summed E-state index contributed by atoms with van der Waals surface area (Å²) in [6, 6.07) is 0. The van der Waals surface area contributed by atoms with Crippen molar-refractivity contribution in [3.05, 3.63) is 0 Å². The highest BCUT2D eigenvalue weighted by Gasteiger charge is 2.50. The van der Waals surface area contributed by atoms with Gasteiger partial charge in [-0.05, 0) is 19.3 Å². The Balaban J connectivity index is 5.39. The summed E-state index contributed by atoms with van der Waals surface area (Å²) in [6.45, 7) is -0.0307. The van der Waals surface area contributed by atoms with E-state index in [0.29, 0.717) is 0 Å². The van der Waals surface area contributed by atoms with Gasteiger partial charge in [-0.25, -0.2) is 9.59 Å². The van der Waals surface area contributed by atoms with Crippen LogP contribution < -0.4 is 34.4 Å². The topological polar surface area (TPSA) is 299 Å². The lowest BCUT2D eigenvalue weighted by molar-refractivity contribution is -0.156. The van der Waals surface area contributed by atoms with Crippen LogP contribution in [-0.4, -0.2) is 83.0 Å². The van der Waals surface area contributed by atoms with E-state index in [4.69, 9.17) is 39.1 Å². The summed E-state index contributed by atoms with van der Waals surface area (Å²) in [6.07, 6.45) is -3.00. The van der Waals surface area contributed by atoms with E-state index in [1.807, 2.05) is 0 Å². The minimum absolute atomic E-state index is 0.0387. The normalized spacial score (nSPS) is 15.5. The van der Waals surface area contributed by atoms with Gasteiger partial charge >= 0.3 is 11.9 Å². The van der Waals surface area contributed by atoms with Gasteiger partial charge in [0.15, 0.2) is 34.6 Å². The molecule has 0 radical (unpaired) electrons. The Bertz CT molecular complexity index is 764. The number of aliphatic carboxylic acids is 2. The molecular weight excluding hydrogens is 428 g/mol. The smallest absolute Gasteiger partial charge is 0.334 e. The highest BCUT2D eigenvalue weighted by atomic mass is 16.5. The SMILES string of the molecule is COC(CCN=C(N)N)[C@](N)(C(=O)O)C(=O)CCC(=O)[C@](N)(CCCN=C(N)N)C(=O)O. The first-order valence-electron chi connectivity index (χ1n) is 9.48. The average Bonchev–Trinajstić information content (AvgIpc) is 2.70. The molecule has 0 fully saturated rings. The summed E-state index contributed by atoms with van der Waals surface area (Å²) in [4.78, 5) is 55.9. The molecule has 0 aliphatic heterocycles. The summed E-state index contributed by atoms with van der Waals surface area (Å²) >= 11 is 0. The molecule has 0 aromatic rings. The number of methoxy groups -OCH3 is 1. The summed E-state index contributed by atoms with van der Waals surface area (Å²) in [5, 5.41) is 19.0. The van der Waals surface area contributed by atoms with E-state index in [-0.39, 0.29) is 44.3 Å². The number of Topliss-reactive ketones (excluding diaryl/α,β-unsaturated/α-hetero) is 2. The number of hydrogen-bond donors (Lipinski definition) is 8. The van der Waals surface area contributed by atoms with Gasteiger partial charge in [-0.15, -0.1) is 0 Å². The van der Waals surface area contributed by atoms with Crippen LogP contribution in [0.3, 0.4) is 0 Å². The van der Waals surface area contributed by atoms with Gasteiger partial charge in [-0.2, -0.15) is 0 Å². The molecule has 0 aromatic heterocycles. The number of carbonyl (C=O) groups is 4. The van der Waals surface area contributed by atoms with Crippen LogP contribution in [-0.2, 0) is 23.9 Å². The zero-order chi connectivity index (χ0) is 25.1. The van der Waals surface area contributed by atoms with Gasteiger partial charge in [0.05, 0.1) is 6.10 Å². The van der Waals surface area contributed by atoms with Crippen molar-refractivity contribution in [2.45, 2.75) is 49.3 Å². The number of carbonyl (C=O) groups excluding carboxylic acids is 2. The minimum atomic E-state index is -2.53. The van der Waals surface area contributed by atoms with Crippen LogP contribution in [0.15, 0.2) is 9.98 Å². The Morgan fingerprint density at radius 3 is 1.81 bits per heavy atom. The van der Waals surface area contributed by atoms with Gasteiger partial charge in [0, 0.05) is 33.0 Å². The molecule has 0 aromatic carbocycles. The fourth-order valence-electron chi connectivity index (χ4n) is 2.87. The zero-order valence-corrected chi connectivity index (χ0v) is 17.8. The highest BCUT2D eigenvalue weighted by Crippen LogP contribution is 2.21. The molecule has 14 N–H and O–H groups in total. The van der Waals surface area contributed by atoms with Crippen molar-refractivity contribution in [1.82, 2.24) is 0 Å². The molecule has 0 saturated carbocycles. The molecule has 15 nitrogen and oxygen atoms in total. The summed E-state index contributed by atoms with van der Waals surface area (Å²) < 4.78 is 5.06. The molecule has 1 unspecified atom stereocenters. The lowest BCUT2D eigenvalue weighted by Crippen LogP contribution is -2.64. The van der Waals surface area contributed by atoms with E-state index in [1.54, 1.807) is 0 Å². The van der Waals surface area contributed by atoms with E-state index in [2.05, 4.69) is 9.98 Å². The predicted octanol–water partition coefficient (Wildman–Crippen LogP) is -3.80. The number of aliphatic imine (C=N–C) groups is 2. The van der Waals surface area contributed by atoms with E-state index in [1.165, 1.54) is 0 Å². The number of nitrogens with two attached hydrogens (primary N) is 6. The molecule has 15 heteroatoms. The Kier molecular flexibility index (Phi) is 11.2. The van der Waals surface area contributed by atoms with Crippen molar-refractivity contribution in [1.29, 1.82) is 0 Å². The Hall–Kier alpha value is -3.30. The van der Waals surface area contributed by atoms with Gasteiger partial charge in [0.2, 0.25) is 0 Å². The number of carboxylic acids is 2. The third-order valence-electron chi connectivity index (χ3n) is 4.78. The third kappa shape index (κ3) is 7.75. The van der Waals surface area contributed by atoms with E-state index in [9.17, 15) is 29.4 Å². The molecule has 32 heavy (non-hydrogen) atoms. The second-order valence-corrected chi connectivity index (χ2v) is 7.03. The summed E-state index contributed by atoms with van der Waals surface area (Å²) in [7, 11) is 1.15. The van der Waals surface area contributed by atoms with Crippen molar-refractivity contribution in [3.63, 3.8) is 0 Å². The minimum Gasteiger partial charge on any atom is -0.480 e. The molecule has 0 saturated heterocycles.